The van der Waals surface area contributed by atoms with Crippen LogP contribution in [0.3, 0.4) is 0 Å². The van der Waals surface area contributed by atoms with Crippen molar-refractivity contribution in [2.75, 3.05) is 12.4 Å². The number of carbonyl (C=O) groups is 1. The maximum absolute atomic E-state index is 12.5. The number of amides is 1. The van der Waals surface area contributed by atoms with Crippen molar-refractivity contribution >= 4 is 17.7 Å². The summed E-state index contributed by atoms with van der Waals surface area (Å²) >= 11 is 1.66. The highest BCUT2D eigenvalue weighted by atomic mass is 32.2. The van der Waals surface area contributed by atoms with Gasteiger partial charge in [0.2, 0.25) is 5.91 Å². The summed E-state index contributed by atoms with van der Waals surface area (Å²) in [5, 5.41) is 16.9. The van der Waals surface area contributed by atoms with Crippen molar-refractivity contribution in [3.63, 3.8) is 0 Å². The van der Waals surface area contributed by atoms with E-state index in [0.29, 0.717) is 13.1 Å². The average molecular weight is 441 g/mol. The van der Waals surface area contributed by atoms with Gasteiger partial charge in [0.1, 0.15) is 6.54 Å². The first kappa shape index (κ1) is 21.6. The van der Waals surface area contributed by atoms with E-state index in [4.69, 9.17) is 4.74 Å². The number of hydrogen-bond donors (Lipinski definition) is 1. The van der Waals surface area contributed by atoms with Gasteiger partial charge in [-0.25, -0.2) is 0 Å². The molecule has 0 bridgehead atoms. The van der Waals surface area contributed by atoms with Gasteiger partial charge in [-0.05, 0) is 38.3 Å². The molecular formula is C22H28N6O2S. The fourth-order valence-corrected chi connectivity index (χ4v) is 4.65. The molecule has 8 nitrogen and oxygen atoms in total. The molecule has 0 aliphatic carbocycles. The smallest absolute Gasteiger partial charge is 0.242 e. The predicted octanol–water partition coefficient (Wildman–Crippen LogP) is 2.73. The van der Waals surface area contributed by atoms with E-state index in [2.05, 4.69) is 37.3 Å². The molecule has 1 atom stereocenters. The van der Waals surface area contributed by atoms with E-state index in [9.17, 15) is 4.79 Å². The number of carbonyl (C=O) groups excluding carboxylic acids is 1. The second-order valence-electron chi connectivity index (χ2n) is 7.78. The van der Waals surface area contributed by atoms with Crippen molar-refractivity contribution in [1.82, 2.24) is 29.9 Å². The molecule has 2 aromatic heterocycles. The molecular weight excluding hydrogens is 412 g/mol. The molecule has 0 saturated carbocycles. The highest BCUT2D eigenvalue weighted by Gasteiger charge is 2.19. The van der Waals surface area contributed by atoms with Crippen molar-refractivity contribution in [3.8, 4) is 0 Å². The molecule has 1 fully saturated rings. The summed E-state index contributed by atoms with van der Waals surface area (Å²) in [6.45, 7) is 5.87. The van der Waals surface area contributed by atoms with E-state index in [1.807, 2.05) is 38.1 Å². The molecule has 1 unspecified atom stereocenters. The van der Waals surface area contributed by atoms with Crippen LogP contribution in [0, 0.1) is 13.8 Å². The van der Waals surface area contributed by atoms with Gasteiger partial charge in [-0.1, -0.05) is 42.1 Å². The molecule has 0 spiro atoms. The Bertz CT molecular complexity index is 1010. The van der Waals surface area contributed by atoms with Crippen LogP contribution in [0.5, 0.6) is 0 Å². The third kappa shape index (κ3) is 5.74. The number of rotatable bonds is 9. The molecule has 9 heteroatoms. The standard InChI is InChI=1S/C22H28N6O2S/c1-16-11-17(2)28(26-16)14-21(29)23-12-20-24-25-22(31-15-19-9-6-10-30-19)27(20)13-18-7-4-3-5-8-18/h3-5,7-8,11,19H,6,9-10,12-15H2,1-2H3,(H,23,29). The predicted molar refractivity (Wildman–Crippen MR) is 119 cm³/mol. The lowest BCUT2D eigenvalue weighted by Gasteiger charge is -2.13. The van der Waals surface area contributed by atoms with E-state index in [1.165, 1.54) is 0 Å². The van der Waals surface area contributed by atoms with Crippen LogP contribution < -0.4 is 5.32 Å². The van der Waals surface area contributed by atoms with Gasteiger partial charge < -0.3 is 14.6 Å². The van der Waals surface area contributed by atoms with Gasteiger partial charge in [0.15, 0.2) is 11.0 Å². The minimum absolute atomic E-state index is 0.103. The number of hydrogen-bond acceptors (Lipinski definition) is 6. The zero-order valence-electron chi connectivity index (χ0n) is 18.0. The Morgan fingerprint density at radius 3 is 2.81 bits per heavy atom. The summed E-state index contributed by atoms with van der Waals surface area (Å²) in [6.07, 6.45) is 2.49. The van der Waals surface area contributed by atoms with Crippen molar-refractivity contribution in [2.24, 2.45) is 0 Å². The zero-order chi connectivity index (χ0) is 21.6. The fourth-order valence-electron chi connectivity index (χ4n) is 3.63. The highest BCUT2D eigenvalue weighted by molar-refractivity contribution is 7.99. The average Bonchev–Trinajstić information content (AvgIpc) is 3.47. The van der Waals surface area contributed by atoms with Gasteiger partial charge in [0, 0.05) is 18.1 Å². The van der Waals surface area contributed by atoms with Gasteiger partial charge >= 0.3 is 0 Å². The first-order valence-electron chi connectivity index (χ1n) is 10.6. The Kier molecular flexibility index (Phi) is 7.03. The van der Waals surface area contributed by atoms with Gasteiger partial charge in [-0.3, -0.25) is 9.48 Å². The van der Waals surface area contributed by atoms with Crippen LogP contribution in [0.25, 0.3) is 0 Å². The summed E-state index contributed by atoms with van der Waals surface area (Å²) < 4.78 is 9.54. The van der Waals surface area contributed by atoms with Crippen LogP contribution in [0.1, 0.15) is 35.6 Å². The first-order valence-corrected chi connectivity index (χ1v) is 11.5. The van der Waals surface area contributed by atoms with Gasteiger partial charge in [-0.2, -0.15) is 5.10 Å². The topological polar surface area (TPSA) is 86.9 Å². The van der Waals surface area contributed by atoms with Crippen LogP contribution in [0.15, 0.2) is 41.6 Å². The molecule has 164 valence electrons. The van der Waals surface area contributed by atoms with Crippen molar-refractivity contribution < 1.29 is 9.53 Å². The summed E-state index contributed by atoms with van der Waals surface area (Å²) in [5.41, 5.74) is 3.03. The van der Waals surface area contributed by atoms with Crippen molar-refractivity contribution in [1.29, 1.82) is 0 Å². The maximum Gasteiger partial charge on any atom is 0.242 e. The Morgan fingerprint density at radius 1 is 1.26 bits per heavy atom. The minimum Gasteiger partial charge on any atom is -0.377 e. The molecule has 4 rings (SSSR count). The molecule has 1 aliphatic heterocycles. The lowest BCUT2D eigenvalue weighted by molar-refractivity contribution is -0.122. The summed E-state index contributed by atoms with van der Waals surface area (Å²) in [4.78, 5) is 12.5. The van der Waals surface area contributed by atoms with Crippen LogP contribution in [-0.4, -0.2) is 48.9 Å². The molecule has 1 N–H and O–H groups in total. The molecule has 31 heavy (non-hydrogen) atoms. The number of ether oxygens (including phenoxy) is 1. The molecule has 1 aromatic carbocycles. The third-order valence-corrected chi connectivity index (χ3v) is 6.34. The van der Waals surface area contributed by atoms with E-state index in [1.54, 1.807) is 16.4 Å². The molecule has 1 aliphatic rings. The SMILES string of the molecule is Cc1cc(C)n(CC(=O)NCc2nnc(SCC3CCCO3)n2Cc2ccccc2)n1. The molecule has 3 heterocycles. The van der Waals surface area contributed by atoms with Gasteiger partial charge in [-0.15, -0.1) is 10.2 Å². The van der Waals surface area contributed by atoms with E-state index >= 15 is 0 Å². The number of thioether (sulfide) groups is 1. The zero-order valence-corrected chi connectivity index (χ0v) is 18.8. The second-order valence-corrected chi connectivity index (χ2v) is 8.77. The summed E-state index contributed by atoms with van der Waals surface area (Å²) in [7, 11) is 0. The number of aryl methyl sites for hydroxylation is 2. The second kappa shape index (κ2) is 10.1. The van der Waals surface area contributed by atoms with Crippen LogP contribution in [0.4, 0.5) is 0 Å². The highest BCUT2D eigenvalue weighted by Crippen LogP contribution is 2.24. The molecule has 0 radical (unpaired) electrons. The summed E-state index contributed by atoms with van der Waals surface area (Å²) in [6, 6.07) is 12.2. The van der Waals surface area contributed by atoms with Crippen LogP contribution in [0.2, 0.25) is 0 Å². The Labute approximate surface area is 186 Å². The quantitative estimate of drug-likeness (QED) is 0.515. The Balaban J connectivity index is 1.43. The number of nitrogens with zero attached hydrogens (tertiary/aromatic N) is 5. The maximum atomic E-state index is 12.5. The van der Waals surface area contributed by atoms with Crippen LogP contribution in [-0.2, 0) is 29.2 Å². The third-order valence-electron chi connectivity index (χ3n) is 5.24. The van der Waals surface area contributed by atoms with Gasteiger partial charge in [0.25, 0.3) is 0 Å². The lowest BCUT2D eigenvalue weighted by Crippen LogP contribution is -2.29. The van der Waals surface area contributed by atoms with E-state index in [-0.39, 0.29) is 18.6 Å². The van der Waals surface area contributed by atoms with E-state index < -0.39 is 0 Å². The molecule has 1 amide bonds. The van der Waals surface area contributed by atoms with Gasteiger partial charge in [0.05, 0.1) is 24.9 Å². The number of benzene rings is 1. The first-order chi connectivity index (χ1) is 15.1. The normalized spacial score (nSPS) is 16.0. The number of nitrogens with one attached hydrogen (secondary N) is 1. The largest absolute Gasteiger partial charge is 0.377 e. The minimum atomic E-state index is -0.103. The fraction of sp³-hybridized carbons (Fsp3) is 0.455. The Hall–Kier alpha value is -2.65. The lowest BCUT2D eigenvalue weighted by atomic mass is 10.2. The summed E-state index contributed by atoms with van der Waals surface area (Å²) in [5.74, 6) is 1.49. The Morgan fingerprint density at radius 2 is 2.10 bits per heavy atom. The van der Waals surface area contributed by atoms with E-state index in [0.717, 1.165) is 53.1 Å². The van der Waals surface area contributed by atoms with Crippen molar-refractivity contribution in [3.05, 3.63) is 59.2 Å². The monoisotopic (exact) mass is 440 g/mol. The van der Waals surface area contributed by atoms with Crippen molar-refractivity contribution in [2.45, 2.75) is 57.6 Å². The molecule has 3 aromatic rings. The number of aromatic nitrogens is 5. The van der Waals surface area contributed by atoms with Crippen LogP contribution >= 0.6 is 11.8 Å². The molecule has 1 saturated heterocycles.